The molecule has 0 bridgehead atoms. The Bertz CT molecular complexity index is 3790. The van der Waals surface area contributed by atoms with Crippen molar-refractivity contribution < 1.29 is 0 Å². The number of para-hydroxylation sites is 2. The summed E-state index contributed by atoms with van der Waals surface area (Å²) in [6.07, 6.45) is 0. The number of nitrogens with zero attached hydrogens (tertiary/aromatic N) is 2. The van der Waals surface area contributed by atoms with Crippen LogP contribution in [0.1, 0.15) is 22.3 Å². The van der Waals surface area contributed by atoms with E-state index in [4.69, 9.17) is 0 Å². The van der Waals surface area contributed by atoms with Gasteiger partial charge >= 0.3 is 0 Å². The molecule has 0 saturated carbocycles. The standard InChI is InChI=1S/C65H44N2/c1-4-19-45(20-5-1)48-23-16-26-50(43-48)65(49-24-6-2-7-25-49)59-33-14-12-31-58(59)64-55(32-18-34-60(64)65)47-37-39-52(40-38-47)67-62-35-15-13-30-56(62)57-42-41-53(44-63(57)67)66(51-27-8-3-9-28-51)61-36-17-22-46-21-10-11-29-54(46)61/h1-44H. The SMILES string of the molecule is c1ccc(-c2cccc(C3(c4ccccc4)c4ccccc4-c4c(-c5ccc(-n6c7ccccc7c7ccc(N(c8ccccc8)c8cccc9ccccc89)cc76)cc5)cccc43)c2)cc1. The number of hydrogen-bond donors (Lipinski definition) is 0. The van der Waals surface area contributed by atoms with Crippen molar-refractivity contribution in [1.29, 1.82) is 0 Å². The first-order valence-electron chi connectivity index (χ1n) is 23.2. The van der Waals surface area contributed by atoms with Crippen molar-refractivity contribution in [1.82, 2.24) is 4.57 Å². The molecule has 0 spiro atoms. The van der Waals surface area contributed by atoms with Gasteiger partial charge in [0, 0.05) is 33.2 Å². The Labute approximate surface area is 390 Å². The topological polar surface area (TPSA) is 8.17 Å². The molecule has 1 unspecified atom stereocenters. The minimum absolute atomic E-state index is 0.520. The molecule has 0 fully saturated rings. The van der Waals surface area contributed by atoms with Gasteiger partial charge in [0.1, 0.15) is 0 Å². The number of fused-ring (bicyclic) bond motifs is 7. The average molecular weight is 853 g/mol. The first-order chi connectivity index (χ1) is 33.3. The van der Waals surface area contributed by atoms with Gasteiger partial charge in [-0.2, -0.15) is 0 Å². The van der Waals surface area contributed by atoms with Crippen LogP contribution in [0.4, 0.5) is 17.1 Å². The molecule has 1 atom stereocenters. The summed E-state index contributed by atoms with van der Waals surface area (Å²) in [5, 5.41) is 4.88. The van der Waals surface area contributed by atoms with Crippen LogP contribution in [0.15, 0.2) is 267 Å². The lowest BCUT2D eigenvalue weighted by Crippen LogP contribution is -2.28. The smallest absolute Gasteiger partial charge is 0.0714 e. The molecule has 314 valence electrons. The summed E-state index contributed by atoms with van der Waals surface area (Å²) >= 11 is 0. The van der Waals surface area contributed by atoms with Crippen LogP contribution < -0.4 is 4.90 Å². The predicted octanol–water partition coefficient (Wildman–Crippen LogP) is 17.1. The molecule has 11 aromatic carbocycles. The van der Waals surface area contributed by atoms with E-state index in [0.29, 0.717) is 0 Å². The molecule has 12 aromatic rings. The summed E-state index contributed by atoms with van der Waals surface area (Å²) in [4.78, 5) is 2.40. The van der Waals surface area contributed by atoms with Crippen molar-refractivity contribution in [3.8, 4) is 39.1 Å². The molecule has 0 amide bonds. The fraction of sp³-hybridized carbons (Fsp3) is 0.0154. The predicted molar refractivity (Wildman–Crippen MR) is 281 cm³/mol. The number of anilines is 3. The van der Waals surface area contributed by atoms with Gasteiger partial charge in [-0.25, -0.2) is 0 Å². The molecule has 0 saturated heterocycles. The number of benzene rings is 11. The minimum atomic E-state index is -0.520. The number of aromatic nitrogens is 1. The van der Waals surface area contributed by atoms with Crippen molar-refractivity contribution in [2.45, 2.75) is 5.41 Å². The van der Waals surface area contributed by atoms with Crippen LogP contribution in [0.2, 0.25) is 0 Å². The molecule has 1 aliphatic carbocycles. The normalized spacial score (nSPS) is 14.0. The highest BCUT2D eigenvalue weighted by Gasteiger charge is 2.47. The number of hydrogen-bond acceptors (Lipinski definition) is 1. The van der Waals surface area contributed by atoms with Gasteiger partial charge in [-0.15, -0.1) is 0 Å². The van der Waals surface area contributed by atoms with E-state index in [2.05, 4.69) is 276 Å². The van der Waals surface area contributed by atoms with E-state index in [9.17, 15) is 0 Å². The Morgan fingerprint density at radius 3 is 1.76 bits per heavy atom. The van der Waals surface area contributed by atoms with Crippen molar-refractivity contribution in [3.05, 3.63) is 289 Å². The van der Waals surface area contributed by atoms with E-state index in [1.54, 1.807) is 0 Å². The monoisotopic (exact) mass is 852 g/mol. The Balaban J connectivity index is 0.976. The van der Waals surface area contributed by atoms with Gasteiger partial charge in [-0.1, -0.05) is 212 Å². The third-order valence-electron chi connectivity index (χ3n) is 14.1. The minimum Gasteiger partial charge on any atom is -0.310 e. The fourth-order valence-electron chi connectivity index (χ4n) is 11.2. The lowest BCUT2D eigenvalue weighted by Gasteiger charge is -2.34. The Morgan fingerprint density at radius 2 is 0.925 bits per heavy atom. The Morgan fingerprint density at radius 1 is 0.328 bits per heavy atom. The molecule has 1 aliphatic rings. The molecule has 2 nitrogen and oxygen atoms in total. The van der Waals surface area contributed by atoms with Gasteiger partial charge in [0.25, 0.3) is 0 Å². The Kier molecular flexibility index (Phi) is 9.11. The second-order valence-electron chi connectivity index (χ2n) is 17.6. The largest absolute Gasteiger partial charge is 0.310 e. The van der Waals surface area contributed by atoms with Crippen molar-refractivity contribution in [2.24, 2.45) is 0 Å². The maximum Gasteiger partial charge on any atom is 0.0714 e. The fourth-order valence-corrected chi connectivity index (χ4v) is 11.2. The zero-order valence-electron chi connectivity index (χ0n) is 36.8. The van der Waals surface area contributed by atoms with Crippen LogP contribution in [-0.4, -0.2) is 4.57 Å². The first-order valence-corrected chi connectivity index (χ1v) is 23.2. The van der Waals surface area contributed by atoms with E-state index < -0.39 is 5.41 Å². The second-order valence-corrected chi connectivity index (χ2v) is 17.6. The van der Waals surface area contributed by atoms with Gasteiger partial charge in [-0.3, -0.25) is 0 Å². The molecule has 0 radical (unpaired) electrons. The average Bonchev–Trinajstić information content (AvgIpc) is 3.90. The lowest BCUT2D eigenvalue weighted by atomic mass is 9.67. The number of rotatable bonds is 8. The van der Waals surface area contributed by atoms with E-state index in [-0.39, 0.29) is 0 Å². The molecule has 1 heterocycles. The Hall–Kier alpha value is -8.72. The van der Waals surface area contributed by atoms with Crippen LogP contribution in [0, 0.1) is 0 Å². The van der Waals surface area contributed by atoms with E-state index >= 15 is 0 Å². The van der Waals surface area contributed by atoms with Gasteiger partial charge in [-0.05, 0) is 116 Å². The molecular formula is C65H44N2. The second kappa shape index (κ2) is 15.8. The first kappa shape index (κ1) is 38.7. The zero-order chi connectivity index (χ0) is 44.3. The molecule has 1 aromatic heterocycles. The maximum absolute atomic E-state index is 2.44. The van der Waals surface area contributed by atoms with Crippen molar-refractivity contribution in [2.75, 3.05) is 4.90 Å². The summed E-state index contributed by atoms with van der Waals surface area (Å²) in [7, 11) is 0. The lowest BCUT2D eigenvalue weighted by molar-refractivity contribution is 0.769. The van der Waals surface area contributed by atoms with E-state index in [1.165, 1.54) is 82.7 Å². The molecule has 0 N–H and O–H groups in total. The highest BCUT2D eigenvalue weighted by atomic mass is 15.1. The highest BCUT2D eigenvalue weighted by Crippen LogP contribution is 2.58. The third kappa shape index (κ3) is 6.11. The summed E-state index contributed by atoms with van der Waals surface area (Å²) in [5.41, 5.74) is 18.8. The molecular weight excluding hydrogens is 809 g/mol. The summed E-state index contributed by atoms with van der Waals surface area (Å²) < 4.78 is 2.44. The summed E-state index contributed by atoms with van der Waals surface area (Å²) in [6, 6.07) is 98.0. The van der Waals surface area contributed by atoms with Gasteiger partial charge in [0.15, 0.2) is 0 Å². The molecule has 2 heteroatoms. The van der Waals surface area contributed by atoms with E-state index in [0.717, 1.165) is 28.3 Å². The van der Waals surface area contributed by atoms with Crippen LogP contribution in [0.3, 0.4) is 0 Å². The molecule has 13 rings (SSSR count). The molecule has 0 aliphatic heterocycles. The van der Waals surface area contributed by atoms with Gasteiger partial charge < -0.3 is 9.47 Å². The molecule has 67 heavy (non-hydrogen) atoms. The van der Waals surface area contributed by atoms with Crippen molar-refractivity contribution in [3.63, 3.8) is 0 Å². The van der Waals surface area contributed by atoms with Crippen LogP contribution in [0.5, 0.6) is 0 Å². The van der Waals surface area contributed by atoms with Crippen LogP contribution in [-0.2, 0) is 5.41 Å². The van der Waals surface area contributed by atoms with Crippen LogP contribution >= 0.6 is 0 Å². The van der Waals surface area contributed by atoms with Gasteiger partial charge in [0.2, 0.25) is 0 Å². The van der Waals surface area contributed by atoms with Crippen molar-refractivity contribution >= 4 is 49.6 Å². The summed E-state index contributed by atoms with van der Waals surface area (Å²) in [6.45, 7) is 0. The maximum atomic E-state index is 2.44. The zero-order valence-corrected chi connectivity index (χ0v) is 36.8. The van der Waals surface area contributed by atoms with E-state index in [1.807, 2.05) is 0 Å². The quantitative estimate of drug-likeness (QED) is 0.148. The van der Waals surface area contributed by atoms with Gasteiger partial charge in [0.05, 0.1) is 22.1 Å². The third-order valence-corrected chi connectivity index (χ3v) is 14.1. The summed E-state index contributed by atoms with van der Waals surface area (Å²) in [5.74, 6) is 0. The highest BCUT2D eigenvalue weighted by molar-refractivity contribution is 6.11. The van der Waals surface area contributed by atoms with Crippen LogP contribution in [0.25, 0.3) is 71.6 Å².